The average molecular weight is 671 g/mol. The summed E-state index contributed by atoms with van der Waals surface area (Å²) in [4.78, 5) is 22.5. The minimum absolute atomic E-state index is 0.0720. The van der Waals surface area contributed by atoms with Crippen LogP contribution in [-0.2, 0) is 18.4 Å². The van der Waals surface area contributed by atoms with Crippen molar-refractivity contribution in [3.63, 3.8) is 0 Å². The highest BCUT2D eigenvalue weighted by Gasteiger charge is 2.26. The molecule has 5 N–H and O–H groups in total. The lowest BCUT2D eigenvalue weighted by Gasteiger charge is -2.23. The topological polar surface area (TPSA) is 131 Å². The lowest BCUT2D eigenvalue weighted by atomic mass is 10.0. The van der Waals surface area contributed by atoms with E-state index >= 15 is 0 Å². The molecule has 0 spiro atoms. The van der Waals surface area contributed by atoms with E-state index in [0.29, 0.717) is 6.42 Å². The second kappa shape index (κ2) is 33.6. The first-order valence-electron chi connectivity index (χ1n) is 18.6. The molecule has 0 heterocycles. The Labute approximate surface area is 282 Å². The molecule has 3 atom stereocenters. The minimum atomic E-state index is -4.34. The molecule has 3 unspecified atom stereocenters. The van der Waals surface area contributed by atoms with Gasteiger partial charge in [0.25, 0.3) is 0 Å². The molecule has 0 saturated heterocycles. The number of aliphatic hydroxyl groups excluding tert-OH is 1. The van der Waals surface area contributed by atoms with Gasteiger partial charge in [0.15, 0.2) is 0 Å². The van der Waals surface area contributed by atoms with Crippen molar-refractivity contribution in [3.8, 4) is 0 Å². The summed E-state index contributed by atoms with van der Waals surface area (Å²) in [5.41, 5.74) is 5.34. The molecule has 0 bridgehead atoms. The van der Waals surface area contributed by atoms with Crippen LogP contribution in [0.25, 0.3) is 0 Å². The summed E-state index contributed by atoms with van der Waals surface area (Å²) < 4.78 is 21.9. The molecule has 270 valence electrons. The molecule has 0 aliphatic rings. The van der Waals surface area contributed by atoms with Crippen molar-refractivity contribution in [2.75, 3.05) is 19.8 Å². The first kappa shape index (κ1) is 44.7. The van der Waals surface area contributed by atoms with Crippen molar-refractivity contribution in [2.45, 2.75) is 174 Å². The zero-order valence-electron chi connectivity index (χ0n) is 29.6. The van der Waals surface area contributed by atoms with Crippen LogP contribution >= 0.6 is 7.82 Å². The molecular formula is C37H71N2O6P. The number of carbonyl (C=O) groups is 1. The Balaban J connectivity index is 4.20. The van der Waals surface area contributed by atoms with Crippen LogP contribution in [0, 0.1) is 0 Å². The van der Waals surface area contributed by atoms with Gasteiger partial charge in [-0.3, -0.25) is 13.8 Å². The Kier molecular flexibility index (Phi) is 32.7. The van der Waals surface area contributed by atoms with E-state index in [4.69, 9.17) is 14.8 Å². The monoisotopic (exact) mass is 671 g/mol. The first-order chi connectivity index (χ1) is 22.4. The van der Waals surface area contributed by atoms with Gasteiger partial charge in [0.05, 0.1) is 25.4 Å². The molecule has 0 aliphatic carbocycles. The van der Waals surface area contributed by atoms with Crippen molar-refractivity contribution in [1.29, 1.82) is 0 Å². The van der Waals surface area contributed by atoms with Gasteiger partial charge >= 0.3 is 7.82 Å². The molecule has 0 saturated carbocycles. The quantitative estimate of drug-likeness (QED) is 0.0305. The third-order valence-electron chi connectivity index (χ3n) is 8.04. The predicted octanol–water partition coefficient (Wildman–Crippen LogP) is 9.61. The highest BCUT2D eigenvalue weighted by Crippen LogP contribution is 2.43. The van der Waals surface area contributed by atoms with E-state index in [-0.39, 0.29) is 25.7 Å². The fraction of sp³-hybridized carbons (Fsp3) is 0.811. The lowest BCUT2D eigenvalue weighted by molar-refractivity contribution is -0.123. The van der Waals surface area contributed by atoms with Crippen LogP contribution < -0.4 is 11.1 Å². The van der Waals surface area contributed by atoms with Gasteiger partial charge in [-0.2, -0.15) is 0 Å². The van der Waals surface area contributed by atoms with Gasteiger partial charge in [-0.25, -0.2) is 4.57 Å². The maximum Gasteiger partial charge on any atom is 0.472 e. The highest BCUT2D eigenvalue weighted by atomic mass is 31.2. The van der Waals surface area contributed by atoms with Crippen molar-refractivity contribution in [2.24, 2.45) is 5.73 Å². The maximum atomic E-state index is 12.7. The van der Waals surface area contributed by atoms with E-state index in [1.165, 1.54) is 96.3 Å². The molecule has 46 heavy (non-hydrogen) atoms. The Morgan fingerprint density at radius 1 is 0.739 bits per heavy atom. The summed E-state index contributed by atoms with van der Waals surface area (Å²) in [5.74, 6) is -0.211. The largest absolute Gasteiger partial charge is 0.472 e. The number of phosphoric acid groups is 1. The third kappa shape index (κ3) is 31.3. The number of aliphatic hydroxyl groups is 1. The summed E-state index contributed by atoms with van der Waals surface area (Å²) in [6.07, 6.45) is 37.9. The van der Waals surface area contributed by atoms with E-state index < -0.39 is 20.0 Å². The second-order valence-corrected chi connectivity index (χ2v) is 13.9. The molecular weight excluding hydrogens is 599 g/mol. The molecule has 0 aliphatic heterocycles. The number of nitrogens with one attached hydrogen (secondary N) is 1. The fourth-order valence-corrected chi connectivity index (χ4v) is 5.99. The number of hydrogen-bond donors (Lipinski definition) is 4. The van der Waals surface area contributed by atoms with Crippen LogP contribution in [0.3, 0.4) is 0 Å². The highest BCUT2D eigenvalue weighted by molar-refractivity contribution is 7.47. The van der Waals surface area contributed by atoms with Gasteiger partial charge < -0.3 is 21.1 Å². The van der Waals surface area contributed by atoms with E-state index in [1.54, 1.807) is 6.08 Å². The van der Waals surface area contributed by atoms with Crippen molar-refractivity contribution >= 4 is 13.7 Å². The van der Waals surface area contributed by atoms with Crippen LogP contribution in [0.15, 0.2) is 36.5 Å². The normalized spacial score (nSPS) is 14.8. The Bertz CT molecular complexity index is 820. The fourth-order valence-electron chi connectivity index (χ4n) is 5.23. The lowest BCUT2D eigenvalue weighted by Crippen LogP contribution is -2.45. The van der Waals surface area contributed by atoms with Gasteiger partial charge in [-0.05, 0) is 39.0 Å². The Morgan fingerprint density at radius 2 is 1.20 bits per heavy atom. The molecule has 0 rings (SSSR count). The molecule has 8 nitrogen and oxygen atoms in total. The third-order valence-corrected chi connectivity index (χ3v) is 9.03. The molecule has 9 heteroatoms. The van der Waals surface area contributed by atoms with Crippen molar-refractivity contribution < 1.29 is 28.4 Å². The van der Waals surface area contributed by atoms with Gasteiger partial charge in [0.2, 0.25) is 5.91 Å². The van der Waals surface area contributed by atoms with E-state index in [1.807, 2.05) is 19.1 Å². The smallest absolute Gasteiger partial charge is 0.387 e. The van der Waals surface area contributed by atoms with E-state index in [0.717, 1.165) is 44.9 Å². The maximum absolute atomic E-state index is 12.7. The van der Waals surface area contributed by atoms with Crippen LogP contribution in [0.2, 0.25) is 0 Å². The number of phosphoric ester groups is 1. The number of rotatable bonds is 34. The zero-order chi connectivity index (χ0) is 34.0. The molecule has 0 aromatic heterocycles. The van der Waals surface area contributed by atoms with Gasteiger partial charge in [-0.15, -0.1) is 0 Å². The predicted molar refractivity (Wildman–Crippen MR) is 194 cm³/mol. The SMILES string of the molecule is C/C=C/CC/C=C/CC/C=C/C(O)C(COP(=O)(O)OCCN)NC(=O)CCCCCCCCCCCCCCCCCCCC. The molecule has 1 amide bonds. The average Bonchev–Trinajstić information content (AvgIpc) is 3.04. The number of carbonyl (C=O) groups excluding carboxylic acids is 1. The summed E-state index contributed by atoms with van der Waals surface area (Å²) in [6, 6.07) is -0.877. The number of unbranched alkanes of at least 4 members (excludes halogenated alkanes) is 19. The van der Waals surface area contributed by atoms with Crippen LogP contribution in [0.1, 0.15) is 162 Å². The molecule has 0 radical (unpaired) electrons. The van der Waals surface area contributed by atoms with Crippen molar-refractivity contribution in [1.82, 2.24) is 5.32 Å². The molecule has 0 aromatic carbocycles. The van der Waals surface area contributed by atoms with Crippen molar-refractivity contribution in [3.05, 3.63) is 36.5 Å². The number of amides is 1. The molecule has 0 fully saturated rings. The van der Waals surface area contributed by atoms with Crippen LogP contribution in [0.4, 0.5) is 0 Å². The summed E-state index contributed by atoms with van der Waals surface area (Å²) in [5, 5.41) is 13.5. The summed E-state index contributed by atoms with van der Waals surface area (Å²) in [6.45, 7) is 3.86. The van der Waals surface area contributed by atoms with Gasteiger partial charge in [0.1, 0.15) is 0 Å². The van der Waals surface area contributed by atoms with E-state index in [9.17, 15) is 19.4 Å². The van der Waals surface area contributed by atoms with Gasteiger partial charge in [-0.1, -0.05) is 153 Å². The standard InChI is InChI=1S/C37H71N2O6P/c1-3-5-7-9-11-13-14-15-16-17-18-19-20-21-23-25-27-29-31-37(41)39-35(34-45-46(42,43)44-33-32-38)36(40)30-28-26-24-22-12-10-8-6-4-2/h4,6,12,22,28,30,35-36,40H,3,5,7-11,13-21,23-27,29,31-34,38H2,1-2H3,(H,39,41)(H,42,43)/b6-4+,22-12+,30-28+. The van der Waals surface area contributed by atoms with Crippen LogP contribution in [0.5, 0.6) is 0 Å². The second-order valence-electron chi connectivity index (χ2n) is 12.4. The number of allylic oxidation sites excluding steroid dienone is 5. The Morgan fingerprint density at radius 3 is 1.67 bits per heavy atom. The van der Waals surface area contributed by atoms with Crippen LogP contribution in [-0.4, -0.2) is 47.8 Å². The summed E-state index contributed by atoms with van der Waals surface area (Å²) >= 11 is 0. The first-order valence-corrected chi connectivity index (χ1v) is 20.1. The molecule has 0 aromatic rings. The number of hydrogen-bond acceptors (Lipinski definition) is 6. The Hall–Kier alpha value is -1.28. The number of nitrogens with two attached hydrogens (primary N) is 1. The zero-order valence-corrected chi connectivity index (χ0v) is 30.4. The minimum Gasteiger partial charge on any atom is -0.387 e. The van der Waals surface area contributed by atoms with Gasteiger partial charge in [0, 0.05) is 13.0 Å². The van der Waals surface area contributed by atoms with E-state index in [2.05, 4.69) is 30.5 Å². The summed E-state index contributed by atoms with van der Waals surface area (Å²) in [7, 11) is -4.34.